The highest BCUT2D eigenvalue weighted by Gasteiger charge is 2.26. The molecule has 0 aliphatic heterocycles. The van der Waals surface area contributed by atoms with Crippen LogP contribution >= 0.6 is 0 Å². The molecule has 0 saturated carbocycles. The van der Waals surface area contributed by atoms with Crippen molar-refractivity contribution in [2.24, 2.45) is 0 Å². The van der Waals surface area contributed by atoms with Gasteiger partial charge in [-0.25, -0.2) is 9.59 Å². The zero-order valence-corrected chi connectivity index (χ0v) is 17.0. The molecule has 3 amide bonds. The molecule has 7 heteroatoms. The molecular formula is C22H26N2O5. The Hall–Kier alpha value is -3.35. The minimum absolute atomic E-state index is 0.219. The molecule has 7 nitrogen and oxygen atoms in total. The maximum atomic E-state index is 12.4. The molecule has 0 spiro atoms. The summed E-state index contributed by atoms with van der Waals surface area (Å²) in [5.41, 5.74) is 2.42. The quantitative estimate of drug-likeness (QED) is 0.699. The van der Waals surface area contributed by atoms with Crippen LogP contribution < -0.4 is 15.4 Å². The summed E-state index contributed by atoms with van der Waals surface area (Å²) in [6.45, 7) is 5.64. The molecule has 2 rings (SSSR count). The number of aryl methyl sites for hydroxylation is 1. The molecule has 0 radical (unpaired) electrons. The third-order valence-electron chi connectivity index (χ3n) is 4.19. The van der Waals surface area contributed by atoms with Gasteiger partial charge in [-0.05, 0) is 30.0 Å². The fourth-order valence-electron chi connectivity index (χ4n) is 2.69. The molecule has 2 aromatic rings. The van der Waals surface area contributed by atoms with E-state index >= 15 is 0 Å². The Labute approximate surface area is 170 Å². The lowest BCUT2D eigenvalue weighted by Gasteiger charge is -2.18. The molecule has 0 aromatic heterocycles. The van der Waals surface area contributed by atoms with Crippen LogP contribution in [0.4, 0.5) is 4.79 Å². The fraction of sp³-hybridized carbons (Fsp3) is 0.318. The van der Waals surface area contributed by atoms with Gasteiger partial charge in [0.1, 0.15) is 5.75 Å². The summed E-state index contributed by atoms with van der Waals surface area (Å²) in [4.78, 5) is 36.3. The number of carbonyl (C=O) groups is 3. The lowest BCUT2D eigenvalue weighted by molar-refractivity contribution is -0.158. The van der Waals surface area contributed by atoms with Crippen molar-refractivity contribution in [1.82, 2.24) is 10.6 Å². The van der Waals surface area contributed by atoms with E-state index in [9.17, 15) is 14.4 Å². The van der Waals surface area contributed by atoms with Gasteiger partial charge in [0.15, 0.2) is 6.61 Å². The van der Waals surface area contributed by atoms with Gasteiger partial charge in [-0.2, -0.15) is 0 Å². The van der Waals surface area contributed by atoms with Gasteiger partial charge in [-0.1, -0.05) is 56.3 Å². The van der Waals surface area contributed by atoms with Crippen molar-refractivity contribution in [2.75, 3.05) is 13.7 Å². The first-order valence-corrected chi connectivity index (χ1v) is 9.32. The third-order valence-corrected chi connectivity index (χ3v) is 4.19. The normalized spacial score (nSPS) is 11.5. The molecule has 0 bridgehead atoms. The summed E-state index contributed by atoms with van der Waals surface area (Å²) >= 11 is 0. The van der Waals surface area contributed by atoms with Crippen molar-refractivity contribution in [2.45, 2.75) is 32.8 Å². The number of urea groups is 1. The number of carbonyl (C=O) groups excluding carboxylic acids is 3. The van der Waals surface area contributed by atoms with E-state index < -0.39 is 24.0 Å². The van der Waals surface area contributed by atoms with Gasteiger partial charge in [-0.3, -0.25) is 10.1 Å². The molecule has 0 saturated heterocycles. The summed E-state index contributed by atoms with van der Waals surface area (Å²) < 4.78 is 11.0. The summed E-state index contributed by atoms with van der Waals surface area (Å²) in [5.74, 6) is -0.649. The highest BCUT2D eigenvalue weighted by atomic mass is 16.6. The first kappa shape index (κ1) is 21.9. The molecule has 0 unspecified atom stereocenters. The number of hydrogen-bond donors (Lipinski definition) is 2. The number of nitrogens with one attached hydrogen (secondary N) is 2. The van der Waals surface area contributed by atoms with E-state index in [0.29, 0.717) is 11.3 Å². The average Bonchev–Trinajstić information content (AvgIpc) is 2.70. The van der Waals surface area contributed by atoms with Crippen LogP contribution in [0.2, 0.25) is 0 Å². The van der Waals surface area contributed by atoms with E-state index in [1.54, 1.807) is 30.3 Å². The predicted octanol–water partition coefficient (Wildman–Crippen LogP) is 3.24. The van der Waals surface area contributed by atoms with Crippen molar-refractivity contribution < 1.29 is 23.9 Å². The molecule has 0 heterocycles. The Morgan fingerprint density at radius 2 is 1.72 bits per heavy atom. The van der Waals surface area contributed by atoms with Crippen molar-refractivity contribution in [3.63, 3.8) is 0 Å². The molecule has 154 valence electrons. The minimum atomic E-state index is -1.27. The lowest BCUT2D eigenvalue weighted by Crippen LogP contribution is -2.41. The van der Waals surface area contributed by atoms with Crippen molar-refractivity contribution in [3.05, 3.63) is 65.2 Å². The van der Waals surface area contributed by atoms with E-state index in [4.69, 9.17) is 9.47 Å². The fourth-order valence-corrected chi connectivity index (χ4v) is 2.69. The van der Waals surface area contributed by atoms with Gasteiger partial charge >= 0.3 is 12.0 Å². The largest absolute Gasteiger partial charge is 0.482 e. The molecule has 2 N–H and O–H groups in total. The van der Waals surface area contributed by atoms with Crippen molar-refractivity contribution >= 4 is 17.9 Å². The van der Waals surface area contributed by atoms with Crippen LogP contribution in [-0.4, -0.2) is 31.6 Å². The Kier molecular flexibility index (Phi) is 7.77. The highest BCUT2D eigenvalue weighted by Crippen LogP contribution is 2.27. The second-order valence-electron chi connectivity index (χ2n) is 6.83. The number of esters is 1. The number of benzene rings is 2. The molecule has 0 aliphatic rings. The molecule has 0 fully saturated rings. The van der Waals surface area contributed by atoms with Crippen LogP contribution in [0, 0.1) is 6.92 Å². The monoisotopic (exact) mass is 398 g/mol. The molecule has 2 aromatic carbocycles. The van der Waals surface area contributed by atoms with Crippen LogP contribution in [-0.2, 0) is 14.3 Å². The smallest absolute Gasteiger partial charge is 0.345 e. The first-order valence-electron chi connectivity index (χ1n) is 9.32. The van der Waals surface area contributed by atoms with Crippen molar-refractivity contribution in [3.8, 4) is 5.75 Å². The first-order chi connectivity index (χ1) is 13.8. The summed E-state index contributed by atoms with van der Waals surface area (Å²) in [6.07, 6.45) is -1.27. The van der Waals surface area contributed by atoms with E-state index in [1.165, 1.54) is 7.05 Å². The van der Waals surface area contributed by atoms with Gasteiger partial charge in [0, 0.05) is 12.6 Å². The number of ether oxygens (including phenoxy) is 2. The number of imide groups is 1. The van der Waals surface area contributed by atoms with Crippen LogP contribution in [0.3, 0.4) is 0 Å². The standard InChI is InChI=1S/C22H26N2O5/c1-14(2)17-11-10-15(3)12-18(17)28-13-19(25)29-20(16-8-6-5-7-9-16)21(26)24-22(27)23-4/h5-12,14,20H,13H2,1-4H3,(H2,23,24,26,27)/t20-/m1/s1. The lowest BCUT2D eigenvalue weighted by atomic mass is 10.0. The number of rotatable bonds is 7. The second-order valence-corrected chi connectivity index (χ2v) is 6.83. The molecule has 0 aliphatic carbocycles. The molecule has 1 atom stereocenters. The maximum absolute atomic E-state index is 12.4. The average molecular weight is 398 g/mol. The zero-order valence-electron chi connectivity index (χ0n) is 17.0. The summed E-state index contributed by atoms with van der Waals surface area (Å²) in [6, 6.07) is 13.6. The van der Waals surface area contributed by atoms with E-state index in [-0.39, 0.29) is 12.5 Å². The number of amides is 3. The molecule has 29 heavy (non-hydrogen) atoms. The van der Waals surface area contributed by atoms with E-state index in [2.05, 4.69) is 10.6 Å². The van der Waals surface area contributed by atoms with Crippen LogP contribution in [0.1, 0.15) is 42.6 Å². The van der Waals surface area contributed by atoms with Gasteiger partial charge in [-0.15, -0.1) is 0 Å². The van der Waals surface area contributed by atoms with E-state index in [1.807, 2.05) is 39.0 Å². The highest BCUT2D eigenvalue weighted by molar-refractivity contribution is 5.97. The third kappa shape index (κ3) is 6.34. The van der Waals surface area contributed by atoms with Crippen LogP contribution in [0.15, 0.2) is 48.5 Å². The SMILES string of the molecule is CNC(=O)NC(=O)[C@H](OC(=O)COc1cc(C)ccc1C(C)C)c1ccccc1. The van der Waals surface area contributed by atoms with Crippen molar-refractivity contribution in [1.29, 1.82) is 0 Å². The van der Waals surface area contributed by atoms with E-state index in [0.717, 1.165) is 11.1 Å². The topological polar surface area (TPSA) is 93.7 Å². The van der Waals surface area contributed by atoms with Gasteiger partial charge in [0.2, 0.25) is 6.10 Å². The minimum Gasteiger partial charge on any atom is -0.482 e. The Morgan fingerprint density at radius 1 is 1.03 bits per heavy atom. The summed E-state index contributed by atoms with van der Waals surface area (Å²) in [7, 11) is 1.38. The maximum Gasteiger partial charge on any atom is 0.345 e. The van der Waals surface area contributed by atoms with Gasteiger partial charge in [0.25, 0.3) is 5.91 Å². The molecular weight excluding hydrogens is 372 g/mol. The van der Waals surface area contributed by atoms with Gasteiger partial charge in [0.05, 0.1) is 0 Å². The second kappa shape index (κ2) is 10.3. The Morgan fingerprint density at radius 3 is 2.34 bits per heavy atom. The predicted molar refractivity (Wildman–Crippen MR) is 109 cm³/mol. The zero-order chi connectivity index (χ0) is 21.4. The number of hydrogen-bond acceptors (Lipinski definition) is 5. The Bertz CT molecular complexity index is 865. The van der Waals surface area contributed by atoms with Crippen LogP contribution in [0.25, 0.3) is 0 Å². The summed E-state index contributed by atoms with van der Waals surface area (Å²) in [5, 5.41) is 4.42. The van der Waals surface area contributed by atoms with Gasteiger partial charge < -0.3 is 14.8 Å². The Balaban J connectivity index is 2.11. The van der Waals surface area contributed by atoms with Crippen LogP contribution in [0.5, 0.6) is 5.75 Å².